The van der Waals surface area contributed by atoms with Crippen molar-refractivity contribution < 1.29 is 22.8 Å². The Labute approximate surface area is 183 Å². The van der Waals surface area contributed by atoms with E-state index in [1.807, 2.05) is 12.2 Å². The molecule has 1 aliphatic heterocycles. The molecule has 0 spiro atoms. The second-order valence-corrected chi connectivity index (χ2v) is 9.25. The molecule has 3 heterocycles. The summed E-state index contributed by atoms with van der Waals surface area (Å²) < 4.78 is 39.4. The van der Waals surface area contributed by atoms with E-state index in [1.165, 1.54) is 22.3 Å². The molecule has 2 bridgehead atoms. The van der Waals surface area contributed by atoms with Crippen molar-refractivity contribution in [1.82, 2.24) is 9.97 Å². The maximum Gasteiger partial charge on any atom is 0.433 e. The molecule has 1 saturated carbocycles. The summed E-state index contributed by atoms with van der Waals surface area (Å²) in [6, 6.07) is 7.51. The Balaban J connectivity index is 1.29. The third kappa shape index (κ3) is 2.85. The number of fused-ring (bicyclic) bond motifs is 6. The summed E-state index contributed by atoms with van der Waals surface area (Å²) in [5.74, 6) is -0.721. The maximum atomic E-state index is 13.0. The number of nitrogens with zero attached hydrogens (tertiary/aromatic N) is 3. The number of allylic oxidation sites excluding steroid dienone is 2. The molecule has 0 radical (unpaired) electrons. The summed E-state index contributed by atoms with van der Waals surface area (Å²) >= 11 is 1.22. The number of amides is 2. The lowest BCUT2D eigenvalue weighted by Gasteiger charge is -2.14. The van der Waals surface area contributed by atoms with Gasteiger partial charge in [0.15, 0.2) is 5.13 Å². The number of carbonyl (C=O) groups is 2. The van der Waals surface area contributed by atoms with Crippen LogP contribution in [0, 0.1) is 23.7 Å². The number of anilines is 3. The van der Waals surface area contributed by atoms with Gasteiger partial charge in [0.25, 0.3) is 0 Å². The summed E-state index contributed by atoms with van der Waals surface area (Å²) in [4.78, 5) is 35.1. The fourth-order valence-electron chi connectivity index (χ4n) is 5.01. The summed E-state index contributed by atoms with van der Waals surface area (Å²) in [6.07, 6.45) is 1.51. The zero-order valence-electron chi connectivity index (χ0n) is 16.3. The first-order chi connectivity index (χ1) is 15.3. The Morgan fingerprint density at radius 2 is 1.69 bits per heavy atom. The average Bonchev–Trinajstić information content (AvgIpc) is 3.50. The molecule has 2 fully saturated rings. The number of alkyl halides is 3. The van der Waals surface area contributed by atoms with Crippen molar-refractivity contribution in [2.24, 2.45) is 23.7 Å². The lowest BCUT2D eigenvalue weighted by Crippen LogP contribution is -2.32. The van der Waals surface area contributed by atoms with Crippen molar-refractivity contribution in [2.45, 2.75) is 12.6 Å². The number of nitrogens with one attached hydrogen (secondary N) is 1. The van der Waals surface area contributed by atoms with Gasteiger partial charge in [-0.1, -0.05) is 23.5 Å². The van der Waals surface area contributed by atoms with Gasteiger partial charge in [-0.05, 0) is 48.6 Å². The number of carbonyl (C=O) groups excluding carboxylic acids is 2. The quantitative estimate of drug-likeness (QED) is 0.454. The van der Waals surface area contributed by atoms with E-state index < -0.39 is 11.9 Å². The second-order valence-electron chi connectivity index (χ2n) is 8.24. The van der Waals surface area contributed by atoms with Gasteiger partial charge in [-0.2, -0.15) is 13.2 Å². The molecule has 1 saturated heterocycles. The predicted octanol–water partition coefficient (Wildman–Crippen LogP) is 4.77. The minimum absolute atomic E-state index is 0.124. The van der Waals surface area contributed by atoms with Crippen LogP contribution in [-0.2, 0) is 15.8 Å². The van der Waals surface area contributed by atoms with Crippen molar-refractivity contribution >= 4 is 49.9 Å². The second kappa shape index (κ2) is 6.61. The summed E-state index contributed by atoms with van der Waals surface area (Å²) in [5.41, 5.74) is 0.436. The van der Waals surface area contributed by atoms with Crippen LogP contribution >= 0.6 is 11.3 Å². The van der Waals surface area contributed by atoms with Crippen LogP contribution in [-0.4, -0.2) is 21.8 Å². The lowest BCUT2D eigenvalue weighted by molar-refractivity contribution is -0.141. The Bertz CT molecular complexity index is 1290. The highest BCUT2D eigenvalue weighted by Crippen LogP contribution is 2.53. The number of aromatic nitrogens is 2. The molecule has 1 aromatic carbocycles. The number of halogens is 3. The fourth-order valence-corrected chi connectivity index (χ4v) is 6.02. The minimum atomic E-state index is -4.53. The van der Waals surface area contributed by atoms with Gasteiger partial charge in [0.05, 0.1) is 22.1 Å². The Hall–Kier alpha value is -3.27. The zero-order valence-corrected chi connectivity index (χ0v) is 17.2. The lowest BCUT2D eigenvalue weighted by atomic mass is 9.85. The molecule has 2 aliphatic carbocycles. The van der Waals surface area contributed by atoms with Crippen molar-refractivity contribution in [3.8, 4) is 0 Å². The Morgan fingerprint density at radius 1 is 1.00 bits per heavy atom. The number of thiazole rings is 1. The topological polar surface area (TPSA) is 75.2 Å². The van der Waals surface area contributed by atoms with Gasteiger partial charge in [0.2, 0.25) is 11.8 Å². The molecule has 10 heteroatoms. The third-order valence-corrected chi connectivity index (χ3v) is 7.38. The Kier molecular flexibility index (Phi) is 4.01. The van der Waals surface area contributed by atoms with Gasteiger partial charge in [-0.3, -0.25) is 14.6 Å². The number of pyridine rings is 1. The van der Waals surface area contributed by atoms with Crippen LogP contribution in [0.4, 0.5) is 29.7 Å². The highest BCUT2D eigenvalue weighted by atomic mass is 32.1. The molecule has 2 aromatic heterocycles. The van der Waals surface area contributed by atoms with E-state index in [9.17, 15) is 22.8 Å². The van der Waals surface area contributed by atoms with Crippen LogP contribution in [0.5, 0.6) is 0 Å². The van der Waals surface area contributed by atoms with Crippen LogP contribution in [0.25, 0.3) is 10.2 Å². The first-order valence-electron chi connectivity index (χ1n) is 10.1. The van der Waals surface area contributed by atoms with E-state index in [0.29, 0.717) is 21.0 Å². The number of benzene rings is 1. The molecule has 3 aliphatic rings. The van der Waals surface area contributed by atoms with Gasteiger partial charge in [0.1, 0.15) is 5.69 Å². The molecule has 3 aromatic rings. The SMILES string of the molecule is O=C1C2C3C=CC(C3)C2C(=O)N1c1nc2ccc(Nc3ccnc(C(F)(F)F)c3)cc2s1. The zero-order chi connectivity index (χ0) is 22.2. The summed E-state index contributed by atoms with van der Waals surface area (Å²) in [6.45, 7) is 0. The molecule has 2 amide bonds. The van der Waals surface area contributed by atoms with Crippen molar-refractivity contribution in [2.75, 3.05) is 10.2 Å². The average molecular weight is 456 g/mol. The first-order valence-corrected chi connectivity index (χ1v) is 10.9. The smallest absolute Gasteiger partial charge is 0.355 e. The number of imide groups is 1. The van der Waals surface area contributed by atoms with Crippen molar-refractivity contribution in [3.05, 3.63) is 54.4 Å². The van der Waals surface area contributed by atoms with Crippen molar-refractivity contribution in [1.29, 1.82) is 0 Å². The summed E-state index contributed by atoms with van der Waals surface area (Å²) in [5, 5.41) is 3.28. The highest BCUT2D eigenvalue weighted by molar-refractivity contribution is 7.22. The number of hydrogen-bond acceptors (Lipinski definition) is 6. The standard InChI is InChI=1S/C22H15F3N4O2S/c23-22(24,25)16-9-13(5-6-26-16)27-12-3-4-14-15(8-12)32-21(28-14)29-19(30)17-10-1-2-11(7-10)18(17)20(29)31/h1-6,8-11,17-18H,7H2,(H,26,27). The molecular weight excluding hydrogens is 441 g/mol. The summed E-state index contributed by atoms with van der Waals surface area (Å²) in [7, 11) is 0. The van der Waals surface area contributed by atoms with E-state index in [-0.39, 0.29) is 41.2 Å². The molecule has 4 unspecified atom stereocenters. The van der Waals surface area contributed by atoms with E-state index >= 15 is 0 Å². The van der Waals surface area contributed by atoms with E-state index in [1.54, 1.807) is 18.2 Å². The van der Waals surface area contributed by atoms with Gasteiger partial charge < -0.3 is 5.32 Å². The molecule has 6 nitrogen and oxygen atoms in total. The van der Waals surface area contributed by atoms with Crippen LogP contribution in [0.1, 0.15) is 12.1 Å². The van der Waals surface area contributed by atoms with Crippen LogP contribution in [0.2, 0.25) is 0 Å². The van der Waals surface area contributed by atoms with Gasteiger partial charge >= 0.3 is 6.18 Å². The van der Waals surface area contributed by atoms with Gasteiger partial charge in [-0.15, -0.1) is 0 Å². The van der Waals surface area contributed by atoms with Gasteiger partial charge in [-0.25, -0.2) is 9.88 Å². The number of hydrogen-bond donors (Lipinski definition) is 1. The first kappa shape index (κ1) is 19.4. The minimum Gasteiger partial charge on any atom is -0.355 e. The fraction of sp³-hybridized carbons (Fsp3) is 0.273. The van der Waals surface area contributed by atoms with Crippen molar-refractivity contribution in [3.63, 3.8) is 0 Å². The normalized spacial score (nSPS) is 26.4. The van der Waals surface area contributed by atoms with Crippen LogP contribution in [0.15, 0.2) is 48.7 Å². The molecule has 4 atom stereocenters. The predicted molar refractivity (Wildman–Crippen MR) is 112 cm³/mol. The number of rotatable bonds is 3. The van der Waals surface area contributed by atoms with E-state index in [2.05, 4.69) is 15.3 Å². The monoisotopic (exact) mass is 456 g/mol. The van der Waals surface area contributed by atoms with Crippen LogP contribution in [0.3, 0.4) is 0 Å². The molecule has 6 rings (SSSR count). The molecule has 162 valence electrons. The van der Waals surface area contributed by atoms with Crippen LogP contribution < -0.4 is 10.2 Å². The maximum absolute atomic E-state index is 13.0. The molecular formula is C22H15F3N4O2S. The molecule has 32 heavy (non-hydrogen) atoms. The van der Waals surface area contributed by atoms with E-state index in [0.717, 1.165) is 18.7 Å². The highest BCUT2D eigenvalue weighted by Gasteiger charge is 2.60. The van der Waals surface area contributed by atoms with E-state index in [4.69, 9.17) is 0 Å². The third-order valence-electron chi connectivity index (χ3n) is 6.38. The Morgan fingerprint density at radius 3 is 2.38 bits per heavy atom. The van der Waals surface area contributed by atoms with Gasteiger partial charge in [0, 0.05) is 17.6 Å². The molecule has 1 N–H and O–H groups in total. The largest absolute Gasteiger partial charge is 0.433 e.